The molecule has 0 aromatic carbocycles. The van der Waals surface area contributed by atoms with Crippen LogP contribution in [0.25, 0.3) is 0 Å². The number of hydrogen-bond donors (Lipinski definition) is 0. The third-order valence-corrected chi connectivity index (χ3v) is 0. The molecule has 0 amide bonds. The molecule has 0 atom stereocenters. The maximum absolute atomic E-state index is 8.38. The van der Waals surface area contributed by atoms with E-state index in [4.69, 9.17) is 3.57 Å². The molecule has 0 saturated carbocycles. The van der Waals surface area contributed by atoms with Gasteiger partial charge in [0, 0.05) is 19.5 Å². The Labute approximate surface area is 64.6 Å². The summed E-state index contributed by atoms with van der Waals surface area (Å²) in [4.78, 5) is 0. The van der Waals surface area contributed by atoms with Crippen molar-refractivity contribution in [2.75, 3.05) is 0 Å². The summed E-state index contributed by atoms with van der Waals surface area (Å²) in [5.74, 6) is 0. The molecule has 0 aromatic heterocycles. The minimum atomic E-state index is 0. The van der Waals surface area contributed by atoms with E-state index in [1.165, 1.54) is 0 Å². The van der Waals surface area contributed by atoms with E-state index >= 15 is 0 Å². The van der Waals surface area contributed by atoms with Gasteiger partial charge in [0.25, 0.3) is 0 Å². The zero-order chi connectivity index (χ0) is 2.00. The van der Waals surface area contributed by atoms with E-state index in [-0.39, 0.29) is 61.6 Å². The van der Waals surface area contributed by atoms with Crippen LogP contribution < -0.4 is 0 Å². The second-order valence-electron chi connectivity index (χ2n) is 0. The van der Waals surface area contributed by atoms with Crippen molar-refractivity contribution in [1.29, 1.82) is 0 Å². The third-order valence-electron chi connectivity index (χ3n) is 0. The minimum absolute atomic E-state index is 0. The summed E-state index contributed by atoms with van der Waals surface area (Å²) in [7, 11) is 0. The molecule has 0 saturated heterocycles. The molecule has 0 bridgehead atoms. The summed E-state index contributed by atoms with van der Waals surface area (Å²) in [5.41, 5.74) is 0. The van der Waals surface area contributed by atoms with Gasteiger partial charge in [0.1, 0.15) is 0 Å². The van der Waals surface area contributed by atoms with Gasteiger partial charge in [-0.1, -0.05) is 0 Å². The first-order valence-electron chi connectivity index (χ1n) is 0.289. The van der Waals surface area contributed by atoms with Crippen molar-refractivity contribution in [2.45, 2.75) is 0 Å². The first-order chi connectivity index (χ1) is 1.00. The van der Waals surface area contributed by atoms with Gasteiger partial charge in [-0.3, -0.25) is 0 Å². The molecule has 0 aliphatic rings. The van der Waals surface area contributed by atoms with Gasteiger partial charge in [-0.15, -0.1) is 0 Å². The van der Waals surface area contributed by atoms with Crippen LogP contribution in [0.15, 0.2) is 0 Å². The molecule has 0 heterocycles. The molecule has 0 unspecified atom stereocenters. The topological polar surface area (TPSA) is 17.1 Å². The Hall–Kier alpha value is 1.85. The molecule has 4 heavy (non-hydrogen) atoms. The molecule has 0 N–H and O–H groups in total. The van der Waals surface area contributed by atoms with Crippen molar-refractivity contribution in [3.8, 4) is 0 Å². The molecule has 0 radical (unpaired) electrons. The maximum Gasteiger partial charge on any atom is 0 e. The van der Waals surface area contributed by atoms with Crippen LogP contribution in [0.2, 0.25) is 0 Å². The van der Waals surface area contributed by atoms with E-state index < -0.39 is 0 Å². The average molecular weight is 270 g/mol. The molecule has 0 aliphatic heterocycles. The fourth-order valence-corrected chi connectivity index (χ4v) is 0. The van der Waals surface area contributed by atoms with Gasteiger partial charge in [-0.25, -0.2) is 0 Å². The van der Waals surface area contributed by atoms with E-state index in [1.54, 1.807) is 0 Å². The van der Waals surface area contributed by atoms with Gasteiger partial charge < -0.3 is 0 Å². The summed E-state index contributed by atoms with van der Waals surface area (Å²) < 4.78 is 8.38. The van der Waals surface area contributed by atoms with Crippen LogP contribution in [-0.2, 0) is 41.3 Å². The summed E-state index contributed by atoms with van der Waals surface area (Å²) in [6.45, 7) is 0. The number of rotatable bonds is 0. The predicted molar refractivity (Wildman–Crippen MR) is 12.0 cm³/mol. The van der Waals surface area contributed by atoms with Gasteiger partial charge in [0.2, 0.25) is 0 Å². The van der Waals surface area contributed by atoms with Crippen LogP contribution in [0.3, 0.4) is 0 Å². The zero-order valence-electron chi connectivity index (χ0n) is 1.82. The molecule has 4 heteroatoms. The summed E-state index contributed by atoms with van der Waals surface area (Å²) in [6, 6.07) is 0. The fraction of sp³-hybridized carbons (Fsp3) is 0. The first kappa shape index (κ1) is 17.0. The van der Waals surface area contributed by atoms with Crippen molar-refractivity contribution in [1.82, 2.24) is 0 Å². The SMILES string of the molecule is [O]=[Zn].[SnH4].[Zn]. The quantitative estimate of drug-likeness (QED) is 0.486. The predicted octanol–water partition coefficient (Wildman–Crippen LogP) is -1.58. The zero-order valence-corrected chi connectivity index (χ0v) is 7.76. The Morgan fingerprint density at radius 2 is 1.25 bits per heavy atom. The van der Waals surface area contributed by atoms with E-state index in [0.717, 1.165) is 0 Å². The van der Waals surface area contributed by atoms with Crippen LogP contribution in [0.4, 0.5) is 0 Å². The van der Waals surface area contributed by atoms with E-state index in [1.807, 2.05) is 0 Å². The Morgan fingerprint density at radius 3 is 1.25 bits per heavy atom. The molecule has 0 rings (SSSR count). The van der Waals surface area contributed by atoms with E-state index in [9.17, 15) is 0 Å². The smallest absolute Gasteiger partial charge is 0 e. The van der Waals surface area contributed by atoms with E-state index in [0.29, 0.717) is 0 Å². The molecule has 0 fully saturated rings. The van der Waals surface area contributed by atoms with Crippen molar-refractivity contribution in [3.63, 3.8) is 0 Å². The molecule has 1 nitrogen and oxygen atoms in total. The Morgan fingerprint density at radius 1 is 1.25 bits per heavy atom. The molecular weight excluding hydrogens is 265 g/mol. The Bertz CT molecular complexity index is 6.00. The average Bonchev–Trinajstić information content (AvgIpc) is 1.00. The summed E-state index contributed by atoms with van der Waals surface area (Å²) >= 11 is 0.125. The van der Waals surface area contributed by atoms with Crippen LogP contribution >= 0.6 is 0 Å². The second kappa shape index (κ2) is 21.0. The molecule has 0 aliphatic carbocycles. The van der Waals surface area contributed by atoms with Gasteiger partial charge in [-0.05, 0) is 0 Å². The Balaban J connectivity index is -0.00000000500. The van der Waals surface area contributed by atoms with Crippen molar-refractivity contribution < 1.29 is 41.3 Å². The van der Waals surface area contributed by atoms with Crippen molar-refractivity contribution in [2.24, 2.45) is 0 Å². The van der Waals surface area contributed by atoms with Crippen LogP contribution in [0.1, 0.15) is 0 Å². The molecule has 0 spiro atoms. The normalized spacial score (nSPS) is 1.50. The standard InChI is InChI=1S/O.Sn.2Zn.4H. The Kier molecular flexibility index (Phi) is 89.2. The second-order valence-corrected chi connectivity index (χ2v) is 0. The molecular formula is H4OSnZn2. The minimum Gasteiger partial charge on any atom is 0 e. The third kappa shape index (κ3) is 9.14. The van der Waals surface area contributed by atoms with Crippen LogP contribution in [0, 0.1) is 0 Å². The molecule has 0 aromatic rings. The monoisotopic (exact) mass is 268 g/mol. The largest absolute Gasteiger partial charge is 0 e. The summed E-state index contributed by atoms with van der Waals surface area (Å²) in [6.07, 6.45) is 0. The van der Waals surface area contributed by atoms with Gasteiger partial charge in [-0.2, -0.15) is 0 Å². The van der Waals surface area contributed by atoms with Crippen LogP contribution in [0.5, 0.6) is 0 Å². The number of hydrogen-bond acceptors (Lipinski definition) is 1. The molecule has 18 valence electrons. The van der Waals surface area contributed by atoms with Crippen LogP contribution in [-0.4, -0.2) is 23.9 Å². The summed E-state index contributed by atoms with van der Waals surface area (Å²) in [5, 5.41) is 0. The van der Waals surface area contributed by atoms with Crippen molar-refractivity contribution in [3.05, 3.63) is 0 Å². The van der Waals surface area contributed by atoms with Gasteiger partial charge in [0.15, 0.2) is 0 Å². The van der Waals surface area contributed by atoms with Gasteiger partial charge in [0.05, 0.1) is 0 Å². The van der Waals surface area contributed by atoms with Gasteiger partial charge >= 0.3 is 45.7 Å². The fourth-order valence-electron chi connectivity index (χ4n) is 0. The maximum atomic E-state index is 8.38. The van der Waals surface area contributed by atoms with Crippen molar-refractivity contribution >= 4 is 23.9 Å². The van der Waals surface area contributed by atoms with E-state index in [2.05, 4.69) is 0 Å². The first-order valence-corrected chi connectivity index (χ1v) is 1.50.